The fraction of sp³-hybridized carbons (Fsp3) is 0.308. The summed E-state index contributed by atoms with van der Waals surface area (Å²) in [4.78, 5) is 17.9. The predicted octanol–water partition coefficient (Wildman–Crippen LogP) is 4.62. The molecule has 0 unspecified atom stereocenters. The Labute approximate surface area is 210 Å². The fourth-order valence-electron chi connectivity index (χ4n) is 4.33. The van der Waals surface area contributed by atoms with Gasteiger partial charge in [0.05, 0.1) is 16.1 Å². The van der Waals surface area contributed by atoms with Crippen LogP contribution in [0.5, 0.6) is 0 Å². The number of carbonyl (C=O) groups is 1. The molecule has 0 saturated carbocycles. The van der Waals surface area contributed by atoms with Crippen molar-refractivity contribution in [3.05, 3.63) is 83.5 Å². The molecule has 0 spiro atoms. The lowest BCUT2D eigenvalue weighted by molar-refractivity contribution is -0.137. The maximum atomic E-state index is 12.9. The normalized spacial score (nSPS) is 19.0. The Morgan fingerprint density at radius 1 is 1.14 bits per heavy atom. The second kappa shape index (κ2) is 11.3. The third kappa shape index (κ3) is 6.89. The standard InChI is InChI=1S/C26H28ClN3O4S/c27-20-11-14-24(15-12-20)35(33,34)29-22-16-23(7-2-1-3-9-26(31)32)30(18-22)17-21-13-10-19-6-4-5-8-25(19)28-21/h2,4-8,10-15,22-23,29H,1,3,9,16-18H2,(H,31,32)/b7-2-/t22-,23-/m1/s1. The van der Waals surface area contributed by atoms with E-state index in [2.05, 4.69) is 15.7 Å². The van der Waals surface area contributed by atoms with Crippen LogP contribution in [0.2, 0.25) is 5.02 Å². The first-order valence-electron chi connectivity index (χ1n) is 11.6. The number of rotatable bonds is 10. The smallest absolute Gasteiger partial charge is 0.303 e. The Morgan fingerprint density at radius 2 is 1.91 bits per heavy atom. The van der Waals surface area contributed by atoms with Gasteiger partial charge in [0.25, 0.3) is 0 Å². The highest BCUT2D eigenvalue weighted by atomic mass is 35.5. The van der Waals surface area contributed by atoms with E-state index in [1.54, 1.807) is 12.1 Å². The Kier molecular flexibility index (Phi) is 8.18. The van der Waals surface area contributed by atoms with Gasteiger partial charge in [-0.25, -0.2) is 13.1 Å². The van der Waals surface area contributed by atoms with Crippen molar-refractivity contribution in [3.8, 4) is 0 Å². The number of hydrogen-bond donors (Lipinski definition) is 2. The van der Waals surface area contributed by atoms with Crippen molar-refractivity contribution >= 4 is 38.5 Å². The minimum atomic E-state index is -3.69. The number of carboxylic acids is 1. The van der Waals surface area contributed by atoms with Gasteiger partial charge < -0.3 is 5.11 Å². The summed E-state index contributed by atoms with van der Waals surface area (Å²) in [6.45, 7) is 1.11. The van der Waals surface area contributed by atoms with Crippen LogP contribution in [0.1, 0.15) is 31.4 Å². The highest BCUT2D eigenvalue weighted by Gasteiger charge is 2.33. The largest absolute Gasteiger partial charge is 0.481 e. The van der Waals surface area contributed by atoms with E-state index in [1.165, 1.54) is 12.1 Å². The Balaban J connectivity index is 1.49. The van der Waals surface area contributed by atoms with Crippen molar-refractivity contribution in [2.45, 2.75) is 49.2 Å². The Bertz CT molecular complexity index is 1310. The number of para-hydroxylation sites is 1. The number of unbranched alkanes of at least 4 members (excludes halogenated alkanes) is 1. The average Bonchev–Trinajstić information content (AvgIpc) is 3.18. The number of allylic oxidation sites excluding steroid dienone is 1. The van der Waals surface area contributed by atoms with Crippen LogP contribution < -0.4 is 4.72 Å². The second-order valence-corrected chi connectivity index (χ2v) is 10.9. The second-order valence-electron chi connectivity index (χ2n) is 8.71. The number of pyridine rings is 1. The van der Waals surface area contributed by atoms with E-state index < -0.39 is 16.0 Å². The van der Waals surface area contributed by atoms with Gasteiger partial charge in [-0.2, -0.15) is 0 Å². The Morgan fingerprint density at radius 3 is 2.69 bits per heavy atom. The molecule has 2 aromatic carbocycles. The van der Waals surface area contributed by atoms with Crippen molar-refractivity contribution in [2.75, 3.05) is 6.54 Å². The summed E-state index contributed by atoms with van der Waals surface area (Å²) >= 11 is 5.90. The summed E-state index contributed by atoms with van der Waals surface area (Å²) in [7, 11) is -3.69. The van der Waals surface area contributed by atoms with Gasteiger partial charge in [-0.1, -0.05) is 48.0 Å². The predicted molar refractivity (Wildman–Crippen MR) is 137 cm³/mol. The molecule has 2 atom stereocenters. The van der Waals surface area contributed by atoms with E-state index in [4.69, 9.17) is 21.7 Å². The number of halogens is 1. The molecule has 1 fully saturated rings. The van der Waals surface area contributed by atoms with E-state index in [0.29, 0.717) is 37.4 Å². The van der Waals surface area contributed by atoms with Gasteiger partial charge in [0, 0.05) is 42.0 Å². The van der Waals surface area contributed by atoms with Gasteiger partial charge in [0.1, 0.15) is 0 Å². The molecule has 0 aliphatic carbocycles. The average molecular weight is 514 g/mol. The highest BCUT2D eigenvalue weighted by molar-refractivity contribution is 7.89. The molecule has 9 heteroatoms. The SMILES string of the molecule is O=C(O)CCC/C=C\[C@@H]1C[C@@H](NS(=O)(=O)c2ccc(Cl)cc2)CN1Cc1ccc2ccccc2n1. The lowest BCUT2D eigenvalue weighted by atomic mass is 10.1. The molecule has 7 nitrogen and oxygen atoms in total. The van der Waals surface area contributed by atoms with Crippen molar-refractivity contribution < 1.29 is 18.3 Å². The number of benzene rings is 2. The lowest BCUT2D eigenvalue weighted by Crippen LogP contribution is -2.37. The maximum absolute atomic E-state index is 12.9. The number of sulfonamides is 1. The minimum Gasteiger partial charge on any atom is -0.481 e. The third-order valence-corrected chi connectivity index (χ3v) is 7.82. The number of nitrogens with zero attached hydrogens (tertiary/aromatic N) is 2. The molecular weight excluding hydrogens is 486 g/mol. The van der Waals surface area contributed by atoms with Crippen molar-refractivity contribution in [1.82, 2.24) is 14.6 Å². The molecule has 0 amide bonds. The molecule has 2 heterocycles. The van der Waals surface area contributed by atoms with Crippen LogP contribution in [0.3, 0.4) is 0 Å². The molecule has 1 saturated heterocycles. The molecule has 3 aromatic rings. The van der Waals surface area contributed by atoms with Crippen LogP contribution in [0, 0.1) is 0 Å². The monoisotopic (exact) mass is 513 g/mol. The number of carboxylic acid groups (broad SMARTS) is 1. The first-order valence-corrected chi connectivity index (χ1v) is 13.4. The topological polar surface area (TPSA) is 99.6 Å². The van der Waals surface area contributed by atoms with Crippen LogP contribution in [-0.2, 0) is 21.4 Å². The number of hydrogen-bond acceptors (Lipinski definition) is 5. The molecule has 1 aliphatic rings. The van der Waals surface area contributed by atoms with Crippen LogP contribution in [0.4, 0.5) is 0 Å². The number of nitrogens with one attached hydrogen (secondary N) is 1. The molecule has 184 valence electrons. The third-order valence-electron chi connectivity index (χ3n) is 6.04. The summed E-state index contributed by atoms with van der Waals surface area (Å²) in [5.41, 5.74) is 1.83. The zero-order valence-corrected chi connectivity index (χ0v) is 20.8. The number of likely N-dealkylation sites (tertiary alicyclic amines) is 1. The van der Waals surface area contributed by atoms with Gasteiger partial charge in [0.2, 0.25) is 10.0 Å². The van der Waals surface area contributed by atoms with Crippen LogP contribution in [-0.4, -0.2) is 48.0 Å². The van der Waals surface area contributed by atoms with Crippen LogP contribution in [0.15, 0.2) is 77.7 Å². The molecular formula is C26H28ClN3O4S. The fourth-order valence-corrected chi connectivity index (χ4v) is 5.70. The first kappa shape index (κ1) is 25.3. The zero-order chi connectivity index (χ0) is 24.8. The molecule has 2 N–H and O–H groups in total. The zero-order valence-electron chi connectivity index (χ0n) is 19.2. The molecule has 0 bridgehead atoms. The molecule has 1 aliphatic heterocycles. The van der Waals surface area contributed by atoms with Gasteiger partial charge in [-0.3, -0.25) is 14.7 Å². The summed E-state index contributed by atoms with van der Waals surface area (Å²) in [6, 6.07) is 17.8. The summed E-state index contributed by atoms with van der Waals surface area (Å²) in [6.07, 6.45) is 6.01. The van der Waals surface area contributed by atoms with E-state index >= 15 is 0 Å². The van der Waals surface area contributed by atoms with E-state index in [0.717, 1.165) is 16.6 Å². The summed E-state index contributed by atoms with van der Waals surface area (Å²) in [5.74, 6) is -0.806. The van der Waals surface area contributed by atoms with Gasteiger partial charge in [-0.15, -0.1) is 0 Å². The highest BCUT2D eigenvalue weighted by Crippen LogP contribution is 2.24. The van der Waals surface area contributed by atoms with Crippen molar-refractivity contribution in [2.24, 2.45) is 0 Å². The summed E-state index contributed by atoms with van der Waals surface area (Å²) in [5, 5.41) is 10.4. The van der Waals surface area contributed by atoms with Crippen molar-refractivity contribution in [1.29, 1.82) is 0 Å². The number of fused-ring (bicyclic) bond motifs is 1. The van der Waals surface area contributed by atoms with Gasteiger partial charge in [-0.05, 0) is 55.7 Å². The van der Waals surface area contributed by atoms with Gasteiger partial charge in [0.15, 0.2) is 0 Å². The van der Waals surface area contributed by atoms with E-state index in [-0.39, 0.29) is 23.4 Å². The van der Waals surface area contributed by atoms with Crippen LogP contribution in [0.25, 0.3) is 10.9 Å². The van der Waals surface area contributed by atoms with Gasteiger partial charge >= 0.3 is 5.97 Å². The van der Waals surface area contributed by atoms with E-state index in [9.17, 15) is 13.2 Å². The number of aliphatic carboxylic acids is 1. The molecule has 1 aromatic heterocycles. The quantitative estimate of drug-likeness (QED) is 0.303. The van der Waals surface area contributed by atoms with Crippen molar-refractivity contribution in [3.63, 3.8) is 0 Å². The lowest BCUT2D eigenvalue weighted by Gasteiger charge is -2.21. The number of aromatic nitrogens is 1. The van der Waals surface area contributed by atoms with Crippen LogP contribution >= 0.6 is 11.6 Å². The van der Waals surface area contributed by atoms with E-state index in [1.807, 2.05) is 42.5 Å². The maximum Gasteiger partial charge on any atom is 0.303 e. The Hall–Kier alpha value is -2.78. The minimum absolute atomic E-state index is 0.00557. The molecule has 35 heavy (non-hydrogen) atoms. The first-order chi connectivity index (χ1) is 16.8. The summed E-state index contributed by atoms with van der Waals surface area (Å²) < 4.78 is 28.7. The molecule has 4 rings (SSSR count). The molecule has 0 radical (unpaired) electrons.